The van der Waals surface area contributed by atoms with Gasteiger partial charge in [-0.15, -0.1) is 0 Å². The molecule has 0 spiro atoms. The van der Waals surface area contributed by atoms with Crippen molar-refractivity contribution in [2.24, 2.45) is 0 Å². The first-order valence-corrected chi connectivity index (χ1v) is 15.2. The Balaban J connectivity index is 1.54. The maximum absolute atomic E-state index is 13.8. The molecule has 212 valence electrons. The molecule has 4 aromatic rings. The van der Waals surface area contributed by atoms with E-state index in [0.29, 0.717) is 36.3 Å². The summed E-state index contributed by atoms with van der Waals surface area (Å²) >= 11 is 0. The number of hydrogen-bond donors (Lipinski definition) is 4. The van der Waals surface area contributed by atoms with Crippen molar-refractivity contribution in [2.45, 2.75) is 50.6 Å². The molecule has 2 aliphatic heterocycles. The predicted molar refractivity (Wildman–Crippen MR) is 161 cm³/mol. The van der Waals surface area contributed by atoms with Crippen LogP contribution in [0.3, 0.4) is 0 Å². The Morgan fingerprint density at radius 3 is 2.61 bits per heavy atom. The van der Waals surface area contributed by atoms with Gasteiger partial charge in [0.05, 0.1) is 10.6 Å². The van der Waals surface area contributed by atoms with Crippen LogP contribution in [0, 0.1) is 6.92 Å². The number of pyridine rings is 1. The van der Waals surface area contributed by atoms with Gasteiger partial charge in [0, 0.05) is 35.9 Å². The number of aryl methyl sites for hydroxylation is 2. The first-order chi connectivity index (χ1) is 19.6. The van der Waals surface area contributed by atoms with Crippen molar-refractivity contribution in [2.75, 3.05) is 22.1 Å². The van der Waals surface area contributed by atoms with Crippen molar-refractivity contribution >= 4 is 49.6 Å². The van der Waals surface area contributed by atoms with E-state index < -0.39 is 15.9 Å². The number of sulfone groups is 1. The molecule has 3 aromatic carbocycles. The fraction of sp³-hybridized carbons (Fsp3) is 0.258. The zero-order chi connectivity index (χ0) is 29.1. The zero-order valence-electron chi connectivity index (χ0n) is 23.0. The van der Waals surface area contributed by atoms with Crippen LogP contribution in [0.4, 0.5) is 17.2 Å². The Morgan fingerprint density at radius 1 is 1.00 bits per heavy atom. The molecule has 1 atom stereocenters. The van der Waals surface area contributed by atoms with E-state index in [4.69, 9.17) is 5.73 Å². The average molecular weight is 572 g/mol. The highest BCUT2D eigenvalue weighted by atomic mass is 32.2. The van der Waals surface area contributed by atoms with Crippen LogP contribution in [-0.4, -0.2) is 31.0 Å². The molecule has 2 aliphatic rings. The van der Waals surface area contributed by atoms with E-state index in [1.54, 1.807) is 25.3 Å². The van der Waals surface area contributed by atoms with Gasteiger partial charge in [0.15, 0.2) is 9.84 Å². The van der Waals surface area contributed by atoms with Crippen LogP contribution >= 0.6 is 0 Å². The molecule has 9 nitrogen and oxygen atoms in total. The fourth-order valence-corrected chi connectivity index (χ4v) is 6.26. The van der Waals surface area contributed by atoms with Gasteiger partial charge in [-0.05, 0) is 89.9 Å². The summed E-state index contributed by atoms with van der Waals surface area (Å²) in [4.78, 5) is 30.7. The van der Waals surface area contributed by atoms with Crippen molar-refractivity contribution in [3.63, 3.8) is 0 Å². The van der Waals surface area contributed by atoms with Crippen LogP contribution in [0.1, 0.15) is 48.1 Å². The molecule has 2 amide bonds. The molecule has 0 radical (unpaired) electrons. The number of hydrogen-bond acceptors (Lipinski definition) is 7. The summed E-state index contributed by atoms with van der Waals surface area (Å²) in [6.07, 6.45) is 3.33. The smallest absolute Gasteiger partial charge is 0.247 e. The number of carbonyl (C=O) groups is 2. The lowest BCUT2D eigenvalue weighted by Crippen LogP contribution is -2.33. The molecule has 5 N–H and O–H groups in total. The number of aromatic nitrogens is 1. The lowest BCUT2D eigenvalue weighted by molar-refractivity contribution is -0.122. The first-order valence-electron chi connectivity index (χ1n) is 13.6. The highest BCUT2D eigenvalue weighted by molar-refractivity contribution is 7.91. The Bertz CT molecular complexity index is 1750. The Kier molecular flexibility index (Phi) is 7.94. The predicted octanol–water partition coefficient (Wildman–Crippen LogP) is 4.66. The number of nitrogens with one attached hydrogen (secondary N) is 3. The summed E-state index contributed by atoms with van der Waals surface area (Å²) in [5, 5.41) is 10.9. The molecule has 3 heterocycles. The number of rotatable bonds is 4. The third-order valence-electron chi connectivity index (χ3n) is 7.43. The number of nitrogen functional groups attached to an aromatic ring is 1. The summed E-state index contributed by atoms with van der Waals surface area (Å²) in [6, 6.07) is 17.3. The van der Waals surface area contributed by atoms with Crippen LogP contribution in [0.15, 0.2) is 71.8 Å². The van der Waals surface area contributed by atoms with Gasteiger partial charge in [0.1, 0.15) is 11.9 Å². The lowest BCUT2D eigenvalue weighted by Gasteiger charge is -2.22. The zero-order valence-corrected chi connectivity index (χ0v) is 23.8. The van der Waals surface area contributed by atoms with Crippen molar-refractivity contribution in [3.8, 4) is 0 Å². The lowest BCUT2D eigenvalue weighted by atomic mass is 9.96. The second-order valence-corrected chi connectivity index (χ2v) is 12.5. The number of carbonyl (C=O) groups excluding carboxylic acids is 2. The van der Waals surface area contributed by atoms with Gasteiger partial charge >= 0.3 is 0 Å². The van der Waals surface area contributed by atoms with Gasteiger partial charge in [-0.25, -0.2) is 13.4 Å². The van der Waals surface area contributed by atoms with Gasteiger partial charge in [0.2, 0.25) is 11.8 Å². The van der Waals surface area contributed by atoms with E-state index in [0.717, 1.165) is 33.2 Å². The van der Waals surface area contributed by atoms with Crippen LogP contribution in [-0.2, 0) is 32.4 Å². The molecule has 1 unspecified atom stereocenters. The average Bonchev–Trinajstić information content (AvgIpc) is 2.95. The topological polar surface area (TPSA) is 143 Å². The molecule has 0 fully saturated rings. The quantitative estimate of drug-likeness (QED) is 0.279. The minimum atomic E-state index is -3.57. The van der Waals surface area contributed by atoms with E-state index in [1.807, 2.05) is 49.4 Å². The monoisotopic (exact) mass is 571 g/mol. The largest absolute Gasteiger partial charge is 0.383 e. The standard InChI is InChI=1S/C31H33N5O4S/c1-3-41(39,40)27-12-10-24-17-23(27)18-34-31(38)29(36-25-9-11-26-21(16-25)13-14-33-30(26)32)22-8-7-20(19(2)15-22)5-4-6-28(37)35-24/h7-17,29,36H,3-6,18H2,1-2H3,(H2,32,33)(H,34,38)(H,35,37). The number of nitrogens with two attached hydrogens (primary N) is 1. The second kappa shape index (κ2) is 11.6. The van der Waals surface area contributed by atoms with Crippen LogP contribution in [0.5, 0.6) is 0 Å². The van der Waals surface area contributed by atoms with Crippen LogP contribution < -0.4 is 21.7 Å². The highest BCUT2D eigenvalue weighted by Gasteiger charge is 2.24. The molecule has 0 saturated carbocycles. The Hall–Kier alpha value is -4.44. The summed E-state index contributed by atoms with van der Waals surface area (Å²) in [5.41, 5.74) is 10.5. The molecular formula is C31H33N5O4S. The van der Waals surface area contributed by atoms with Crippen LogP contribution in [0.2, 0.25) is 0 Å². The first kappa shape index (κ1) is 28.1. The number of amides is 2. The molecule has 4 bridgehead atoms. The molecule has 10 heteroatoms. The van der Waals surface area contributed by atoms with Crippen molar-refractivity contribution in [3.05, 3.63) is 89.1 Å². The van der Waals surface area contributed by atoms with Gasteiger partial charge in [-0.1, -0.05) is 25.1 Å². The third kappa shape index (κ3) is 6.17. The molecule has 0 saturated heterocycles. The van der Waals surface area contributed by atoms with E-state index in [1.165, 1.54) is 6.07 Å². The SMILES string of the molecule is CCS(=O)(=O)c1ccc2cc1CNC(=O)C(Nc1ccc3c(N)nccc3c1)c1ccc(c(C)c1)CCCC(=O)N2. The normalized spacial score (nSPS) is 16.3. The third-order valence-corrected chi connectivity index (χ3v) is 9.26. The molecule has 1 aromatic heterocycles. The summed E-state index contributed by atoms with van der Waals surface area (Å²) in [6.45, 7) is 3.53. The maximum Gasteiger partial charge on any atom is 0.247 e. The van der Waals surface area contributed by atoms with Gasteiger partial charge in [-0.3, -0.25) is 9.59 Å². The van der Waals surface area contributed by atoms with E-state index in [-0.39, 0.29) is 29.0 Å². The van der Waals surface area contributed by atoms with Crippen molar-refractivity contribution in [1.82, 2.24) is 10.3 Å². The minimum absolute atomic E-state index is 0.0354. The Labute approximate surface area is 239 Å². The number of fused-ring (bicyclic) bond motifs is 10. The van der Waals surface area contributed by atoms with E-state index >= 15 is 0 Å². The minimum Gasteiger partial charge on any atom is -0.383 e. The van der Waals surface area contributed by atoms with Gasteiger partial charge < -0.3 is 21.7 Å². The second-order valence-electron chi connectivity index (χ2n) is 10.2. The maximum atomic E-state index is 13.8. The number of nitrogens with zero attached hydrogens (tertiary/aromatic N) is 1. The number of anilines is 3. The number of benzene rings is 3. The summed E-state index contributed by atoms with van der Waals surface area (Å²) < 4.78 is 25.7. The van der Waals surface area contributed by atoms with Crippen LogP contribution in [0.25, 0.3) is 10.8 Å². The van der Waals surface area contributed by atoms with E-state index in [9.17, 15) is 18.0 Å². The van der Waals surface area contributed by atoms with Crippen molar-refractivity contribution in [1.29, 1.82) is 0 Å². The molecule has 0 aliphatic carbocycles. The Morgan fingerprint density at radius 2 is 1.83 bits per heavy atom. The van der Waals surface area contributed by atoms with Gasteiger partial charge in [0.25, 0.3) is 0 Å². The van der Waals surface area contributed by atoms with Crippen molar-refractivity contribution < 1.29 is 18.0 Å². The molecule has 6 rings (SSSR count). The summed E-state index contributed by atoms with van der Waals surface area (Å²) in [5.74, 6) is -0.131. The fourth-order valence-electron chi connectivity index (χ4n) is 5.14. The highest BCUT2D eigenvalue weighted by Crippen LogP contribution is 2.28. The van der Waals surface area contributed by atoms with E-state index in [2.05, 4.69) is 20.9 Å². The summed E-state index contributed by atoms with van der Waals surface area (Å²) in [7, 11) is -3.57. The molecule has 41 heavy (non-hydrogen) atoms. The van der Waals surface area contributed by atoms with Gasteiger partial charge in [-0.2, -0.15) is 0 Å². The molecular weight excluding hydrogens is 538 g/mol.